The average molecular weight is 307 g/mol. The van der Waals surface area contributed by atoms with Gasteiger partial charge in [0.05, 0.1) is 10.0 Å². The zero-order chi connectivity index (χ0) is 12.4. The van der Waals surface area contributed by atoms with Crippen LogP contribution >= 0.6 is 46.1 Å². The van der Waals surface area contributed by atoms with Gasteiger partial charge in [0, 0.05) is 5.69 Å². The van der Waals surface area contributed by atoms with Gasteiger partial charge in [-0.15, -0.1) is 11.3 Å². The number of anilines is 1. The van der Waals surface area contributed by atoms with E-state index in [0.29, 0.717) is 14.9 Å². The average Bonchev–Trinajstić information content (AvgIpc) is 2.58. The third-order valence-corrected chi connectivity index (χ3v) is 4.57. The molecule has 0 radical (unpaired) electrons. The maximum Gasteiger partial charge on any atom is 0.267 e. The standard InChI is InChI=1S/C11H6Cl3NOS/c12-7-8(13)10(14)17-9(7)11(16)15-6-4-2-1-3-5-6/h1-5H,(H,15,16). The number of para-hydroxylation sites is 1. The van der Waals surface area contributed by atoms with Crippen LogP contribution in [0, 0.1) is 0 Å². The molecular weight excluding hydrogens is 301 g/mol. The molecule has 17 heavy (non-hydrogen) atoms. The van der Waals surface area contributed by atoms with Crippen molar-refractivity contribution in [2.45, 2.75) is 0 Å². The van der Waals surface area contributed by atoms with Crippen LogP contribution < -0.4 is 5.32 Å². The molecule has 1 heterocycles. The van der Waals surface area contributed by atoms with Gasteiger partial charge in [0.15, 0.2) is 0 Å². The van der Waals surface area contributed by atoms with Crippen molar-refractivity contribution < 1.29 is 4.79 Å². The third kappa shape index (κ3) is 2.75. The first-order chi connectivity index (χ1) is 8.09. The van der Waals surface area contributed by atoms with Gasteiger partial charge >= 0.3 is 0 Å². The van der Waals surface area contributed by atoms with Crippen molar-refractivity contribution in [3.05, 3.63) is 49.6 Å². The SMILES string of the molecule is O=C(Nc1ccccc1)c1sc(Cl)c(Cl)c1Cl. The number of carbonyl (C=O) groups excluding carboxylic acids is 1. The summed E-state index contributed by atoms with van der Waals surface area (Å²) in [6.07, 6.45) is 0. The smallest absolute Gasteiger partial charge is 0.267 e. The summed E-state index contributed by atoms with van der Waals surface area (Å²) in [6, 6.07) is 9.07. The molecular formula is C11H6Cl3NOS. The molecule has 0 bridgehead atoms. The summed E-state index contributed by atoms with van der Waals surface area (Å²) in [4.78, 5) is 12.2. The van der Waals surface area contributed by atoms with Crippen molar-refractivity contribution in [2.24, 2.45) is 0 Å². The van der Waals surface area contributed by atoms with Crippen LogP contribution in [0.25, 0.3) is 0 Å². The molecule has 2 aromatic rings. The van der Waals surface area contributed by atoms with Crippen molar-refractivity contribution in [3.63, 3.8) is 0 Å². The number of amides is 1. The van der Waals surface area contributed by atoms with E-state index in [-0.39, 0.29) is 16.0 Å². The predicted molar refractivity (Wildman–Crippen MR) is 73.7 cm³/mol. The van der Waals surface area contributed by atoms with Crippen LogP contribution in [-0.4, -0.2) is 5.91 Å². The van der Waals surface area contributed by atoms with E-state index < -0.39 is 0 Å². The number of halogens is 3. The highest BCUT2D eigenvalue weighted by Gasteiger charge is 2.19. The molecule has 0 unspecified atom stereocenters. The first-order valence-corrected chi connectivity index (χ1v) is 6.54. The molecule has 88 valence electrons. The summed E-state index contributed by atoms with van der Waals surface area (Å²) in [6.45, 7) is 0. The Morgan fingerprint density at radius 2 is 1.71 bits per heavy atom. The maximum absolute atomic E-state index is 11.9. The highest BCUT2D eigenvalue weighted by atomic mass is 35.5. The Hall–Kier alpha value is -0.740. The van der Waals surface area contributed by atoms with Crippen molar-refractivity contribution in [3.8, 4) is 0 Å². The van der Waals surface area contributed by atoms with E-state index in [4.69, 9.17) is 34.8 Å². The van der Waals surface area contributed by atoms with Gasteiger partial charge in [-0.2, -0.15) is 0 Å². The summed E-state index contributed by atoms with van der Waals surface area (Å²) < 4.78 is 0.315. The molecule has 0 aliphatic rings. The zero-order valence-corrected chi connectivity index (χ0v) is 11.4. The Morgan fingerprint density at radius 3 is 2.24 bits per heavy atom. The van der Waals surface area contributed by atoms with Crippen LogP contribution in [0.1, 0.15) is 9.67 Å². The third-order valence-electron chi connectivity index (χ3n) is 1.99. The van der Waals surface area contributed by atoms with E-state index in [1.165, 1.54) is 0 Å². The largest absolute Gasteiger partial charge is 0.321 e. The molecule has 1 aromatic carbocycles. The molecule has 1 N–H and O–H groups in total. The molecule has 1 aromatic heterocycles. The molecule has 0 saturated carbocycles. The summed E-state index contributed by atoms with van der Waals surface area (Å²) in [7, 11) is 0. The number of rotatable bonds is 2. The molecule has 0 atom stereocenters. The van der Waals surface area contributed by atoms with Crippen LogP contribution in [0.5, 0.6) is 0 Å². The van der Waals surface area contributed by atoms with Crippen molar-refractivity contribution in [1.29, 1.82) is 0 Å². The van der Waals surface area contributed by atoms with Crippen LogP contribution in [0.15, 0.2) is 30.3 Å². The van der Waals surface area contributed by atoms with E-state index in [1.54, 1.807) is 12.1 Å². The van der Waals surface area contributed by atoms with Gasteiger partial charge in [-0.25, -0.2) is 0 Å². The number of thiophene rings is 1. The molecule has 2 nitrogen and oxygen atoms in total. The second-order valence-electron chi connectivity index (χ2n) is 3.15. The van der Waals surface area contributed by atoms with Crippen molar-refractivity contribution >= 4 is 57.7 Å². The lowest BCUT2D eigenvalue weighted by Gasteiger charge is -2.02. The second kappa shape index (κ2) is 5.27. The molecule has 1 amide bonds. The Bertz CT molecular complexity index is 553. The predicted octanol–water partition coefficient (Wildman–Crippen LogP) is 4.96. The summed E-state index contributed by atoms with van der Waals surface area (Å²) in [5.74, 6) is -0.319. The number of nitrogens with one attached hydrogen (secondary N) is 1. The minimum Gasteiger partial charge on any atom is -0.321 e. The monoisotopic (exact) mass is 305 g/mol. The zero-order valence-electron chi connectivity index (χ0n) is 8.34. The summed E-state index contributed by atoms with van der Waals surface area (Å²) in [5, 5.41) is 3.12. The minimum atomic E-state index is -0.319. The topological polar surface area (TPSA) is 29.1 Å². The van der Waals surface area contributed by atoms with Gasteiger partial charge in [-0.1, -0.05) is 53.0 Å². The lowest BCUT2D eigenvalue weighted by atomic mass is 10.3. The van der Waals surface area contributed by atoms with Crippen LogP contribution in [0.4, 0.5) is 5.69 Å². The van der Waals surface area contributed by atoms with Gasteiger partial charge in [-0.3, -0.25) is 4.79 Å². The number of hydrogen-bond donors (Lipinski definition) is 1. The highest BCUT2D eigenvalue weighted by molar-refractivity contribution is 7.19. The highest BCUT2D eigenvalue weighted by Crippen LogP contribution is 2.40. The van der Waals surface area contributed by atoms with Gasteiger partial charge in [0.1, 0.15) is 9.21 Å². The van der Waals surface area contributed by atoms with E-state index in [0.717, 1.165) is 11.3 Å². The fraction of sp³-hybridized carbons (Fsp3) is 0. The normalized spacial score (nSPS) is 10.3. The Labute approximate surface area is 117 Å². The Kier molecular flexibility index (Phi) is 3.94. The molecule has 0 aliphatic carbocycles. The molecule has 0 aliphatic heterocycles. The lowest BCUT2D eigenvalue weighted by molar-refractivity contribution is 0.103. The lowest BCUT2D eigenvalue weighted by Crippen LogP contribution is -2.10. The summed E-state index contributed by atoms with van der Waals surface area (Å²) in [5.41, 5.74) is 0.689. The summed E-state index contributed by atoms with van der Waals surface area (Å²) >= 11 is 18.6. The molecule has 0 saturated heterocycles. The fourth-order valence-corrected chi connectivity index (χ4v) is 2.92. The molecule has 0 fully saturated rings. The van der Waals surface area contributed by atoms with Gasteiger partial charge in [0.25, 0.3) is 5.91 Å². The Morgan fingerprint density at radius 1 is 1.06 bits per heavy atom. The maximum atomic E-state index is 11.9. The number of benzene rings is 1. The van der Waals surface area contributed by atoms with E-state index in [1.807, 2.05) is 18.2 Å². The Balaban J connectivity index is 2.24. The minimum absolute atomic E-state index is 0.190. The molecule has 2 rings (SSSR count). The molecule has 6 heteroatoms. The van der Waals surface area contributed by atoms with Gasteiger partial charge in [0.2, 0.25) is 0 Å². The first kappa shape index (κ1) is 12.7. The fourth-order valence-electron chi connectivity index (χ4n) is 1.22. The number of carbonyl (C=O) groups is 1. The van der Waals surface area contributed by atoms with Crippen LogP contribution in [-0.2, 0) is 0 Å². The first-order valence-electron chi connectivity index (χ1n) is 4.59. The van der Waals surface area contributed by atoms with Gasteiger partial charge in [-0.05, 0) is 12.1 Å². The van der Waals surface area contributed by atoms with Crippen molar-refractivity contribution in [2.75, 3.05) is 5.32 Å². The van der Waals surface area contributed by atoms with Crippen LogP contribution in [0.2, 0.25) is 14.4 Å². The molecule has 0 spiro atoms. The van der Waals surface area contributed by atoms with Gasteiger partial charge < -0.3 is 5.32 Å². The quantitative estimate of drug-likeness (QED) is 0.834. The van der Waals surface area contributed by atoms with Crippen molar-refractivity contribution in [1.82, 2.24) is 0 Å². The second-order valence-corrected chi connectivity index (χ2v) is 5.53. The number of hydrogen-bond acceptors (Lipinski definition) is 2. The van der Waals surface area contributed by atoms with E-state index >= 15 is 0 Å². The van der Waals surface area contributed by atoms with Crippen LogP contribution in [0.3, 0.4) is 0 Å². The van der Waals surface area contributed by atoms with E-state index in [2.05, 4.69) is 5.32 Å². The van der Waals surface area contributed by atoms with E-state index in [9.17, 15) is 4.79 Å².